The Morgan fingerprint density at radius 3 is 1.11 bits per heavy atom. The Labute approximate surface area is 746 Å². The van der Waals surface area contributed by atoms with Crippen LogP contribution in [0.5, 0.6) is 0 Å². The first-order valence-corrected chi connectivity index (χ1v) is 40.8. The molecule has 2 aliphatic carbocycles. The molecule has 3 fully saturated rings. The van der Waals surface area contributed by atoms with E-state index in [2.05, 4.69) is 124 Å². The van der Waals surface area contributed by atoms with Crippen molar-refractivity contribution in [2.75, 3.05) is 55.0 Å². The fraction of sp³-hybridized carbons (Fsp3) is 0.180. The zero-order chi connectivity index (χ0) is 93.5. The number of nitrogens with two attached hydrogens (primary N) is 3. The number of piperidine rings is 1. The number of benzene rings is 8. The number of H-pyrrole nitrogens is 4. The number of fused-ring (bicyclic) bond motifs is 4. The van der Waals surface area contributed by atoms with Gasteiger partial charge in [0.05, 0.1) is 75.9 Å². The van der Waals surface area contributed by atoms with Gasteiger partial charge in [0.15, 0.2) is 11.6 Å². The number of nitrogens with zero attached hydrogens (tertiary/aromatic N) is 13. The van der Waals surface area contributed by atoms with E-state index in [0.29, 0.717) is 101 Å². The van der Waals surface area contributed by atoms with Gasteiger partial charge in [-0.1, -0.05) is 79.3 Å². The molecule has 680 valence electrons. The maximum atomic E-state index is 14.5. The first-order valence-electron chi connectivity index (χ1n) is 40.8. The zero-order valence-corrected chi connectivity index (χ0v) is 70.2. The molecule has 0 atom stereocenters. The number of nitrogens with one attached hydrogen (secondary N) is 11. The standard InChI is InChI=1S/2C21H16F2N6O2.2C20H16F2N6O2.C7H15N3O/c22-12-4-1-11(2-5-12)3-6-15-13-9-17(14(23)10-16(13)27-26-15)25-18(30)19-28-29-20(31-19)21(24)7-8-21;22-12-4-1-11(2-5-12)3-6-16-14-9-13(10-15(23)17(14)27-26-16)25-18(30)19-28-29-20(31-19)21(24)7-8-21;1-23-10-18-27-28-20(30-18)19(29)24-17-8-13-15(25-26-16(13)9-14(17)22)7-4-11-2-5-12(21)6-3-11;1-23-10-17-26-28-20(30-17)19(29)24-13-8-14-16(25-27-18(14)15(22)9-13)7-4-11-2-5-12(21)6-3-11;8-9-7(11)6-10-4-2-1-3-5-10/h2*1-6,9-10H,7-8,24H2,(H,25,30)(H,26,27);2-9,23H,10H2,1H3,(H,24,29)(H,25,26);2-9,23H,10H2,1H3,(H,24,29)(H,25,27);1-6,8H2,(H,9,11)/b2*6-3+;2*7-4+;. The maximum absolute atomic E-state index is 14.5. The largest absolute Gasteiger partial charge is 0.415 e. The molecule has 0 unspecified atom stereocenters. The maximum Gasteiger partial charge on any atom is 0.313 e. The third-order valence-corrected chi connectivity index (χ3v) is 20.5. The van der Waals surface area contributed by atoms with Crippen molar-refractivity contribution in [1.29, 1.82) is 0 Å². The lowest BCUT2D eigenvalue weighted by Crippen LogP contribution is -2.42. The van der Waals surface area contributed by atoms with Crippen molar-refractivity contribution in [3.63, 3.8) is 0 Å². The molecule has 2 saturated carbocycles. The van der Waals surface area contributed by atoms with E-state index in [0.717, 1.165) is 47.5 Å². The third kappa shape index (κ3) is 23.2. The van der Waals surface area contributed by atoms with Crippen LogP contribution in [-0.4, -0.2) is 150 Å². The van der Waals surface area contributed by atoms with Crippen molar-refractivity contribution in [3.8, 4) is 0 Å². The Hall–Kier alpha value is -16.3. The highest BCUT2D eigenvalue weighted by molar-refractivity contribution is 6.06. The number of hydrazine groups is 1. The molecule has 133 heavy (non-hydrogen) atoms. The van der Waals surface area contributed by atoms with Crippen molar-refractivity contribution < 1.29 is 76.8 Å². The molecule has 16 aromatic rings. The van der Waals surface area contributed by atoms with Crippen LogP contribution < -0.4 is 54.6 Å². The van der Waals surface area contributed by atoms with Crippen molar-refractivity contribution in [3.05, 3.63) is 284 Å². The van der Waals surface area contributed by atoms with Gasteiger partial charge in [0, 0.05) is 45.1 Å². The lowest BCUT2D eigenvalue weighted by Gasteiger charge is -2.25. The number of aromatic amines is 4. The molecule has 1 saturated heterocycles. The lowest BCUT2D eigenvalue weighted by molar-refractivity contribution is -0.122. The number of carbonyl (C=O) groups excluding carboxylic acids is 5. The molecular formula is C89H79F8N27O9. The number of hydrogen-bond acceptors (Lipinski definition) is 27. The van der Waals surface area contributed by atoms with E-state index in [-0.39, 0.29) is 110 Å². The molecule has 0 radical (unpaired) electrons. The predicted octanol–water partition coefficient (Wildman–Crippen LogP) is 13.4. The number of anilines is 4. The van der Waals surface area contributed by atoms with Crippen molar-refractivity contribution in [1.82, 2.24) is 103 Å². The average molecular weight is 1820 g/mol. The normalized spacial score (nSPS) is 13.8. The number of halogens is 8. The molecule has 17 N–H and O–H groups in total. The van der Waals surface area contributed by atoms with E-state index >= 15 is 0 Å². The van der Waals surface area contributed by atoms with E-state index in [1.165, 1.54) is 92.1 Å². The first-order chi connectivity index (χ1) is 64.2. The Balaban J connectivity index is 0.000000130. The van der Waals surface area contributed by atoms with Crippen LogP contribution in [0.3, 0.4) is 0 Å². The summed E-state index contributed by atoms with van der Waals surface area (Å²) < 4.78 is 131. The van der Waals surface area contributed by atoms with Crippen LogP contribution in [0.15, 0.2) is 163 Å². The Morgan fingerprint density at radius 1 is 0.398 bits per heavy atom. The number of likely N-dealkylation sites (tertiary alicyclic amines) is 1. The number of amides is 5. The molecule has 0 spiro atoms. The summed E-state index contributed by atoms with van der Waals surface area (Å²) >= 11 is 0. The highest BCUT2D eigenvalue weighted by Crippen LogP contribution is 2.43. The summed E-state index contributed by atoms with van der Waals surface area (Å²) in [5.41, 5.74) is 19.4. The van der Waals surface area contributed by atoms with Crippen molar-refractivity contribution >= 4 is 145 Å². The molecule has 9 heterocycles. The second kappa shape index (κ2) is 41.0. The third-order valence-electron chi connectivity index (χ3n) is 20.5. The molecule has 0 bridgehead atoms. The zero-order valence-electron chi connectivity index (χ0n) is 70.2. The average Bonchev–Trinajstić information content (AvgIpc) is 1.62. The summed E-state index contributed by atoms with van der Waals surface area (Å²) in [7, 11) is 3.40. The van der Waals surface area contributed by atoms with Gasteiger partial charge in [-0.3, -0.25) is 54.7 Å². The summed E-state index contributed by atoms with van der Waals surface area (Å²) in [4.78, 5) is 62.5. The second-order valence-corrected chi connectivity index (χ2v) is 30.4. The van der Waals surface area contributed by atoms with Crippen LogP contribution in [0.2, 0.25) is 0 Å². The van der Waals surface area contributed by atoms with Gasteiger partial charge in [-0.05, 0) is 197 Å². The number of rotatable bonds is 24. The van der Waals surface area contributed by atoms with Gasteiger partial charge < -0.3 is 61.0 Å². The molecule has 44 heteroatoms. The van der Waals surface area contributed by atoms with Gasteiger partial charge >= 0.3 is 47.2 Å². The summed E-state index contributed by atoms with van der Waals surface area (Å²) in [6, 6.07) is 34.6. The fourth-order valence-corrected chi connectivity index (χ4v) is 13.1. The smallest absolute Gasteiger partial charge is 0.313 e. The minimum absolute atomic E-state index is 0.0568. The van der Waals surface area contributed by atoms with Gasteiger partial charge in [-0.15, -0.1) is 40.8 Å². The van der Waals surface area contributed by atoms with Gasteiger partial charge in [0.2, 0.25) is 29.5 Å². The Bertz CT molecular complexity index is 7030. The van der Waals surface area contributed by atoms with Crippen LogP contribution in [0.1, 0.15) is 156 Å². The van der Waals surface area contributed by atoms with Gasteiger partial charge in [-0.25, -0.2) is 41.0 Å². The molecule has 8 aromatic carbocycles. The van der Waals surface area contributed by atoms with E-state index in [1.807, 2.05) is 0 Å². The number of aromatic nitrogens is 16. The molecular weight excluding hydrogens is 1740 g/mol. The Kier molecular flexibility index (Phi) is 28.2. The van der Waals surface area contributed by atoms with Crippen molar-refractivity contribution in [2.45, 2.75) is 69.1 Å². The van der Waals surface area contributed by atoms with Gasteiger partial charge in [0.1, 0.15) is 45.9 Å². The topological polar surface area (TPSA) is 521 Å². The first kappa shape index (κ1) is 91.5. The summed E-state index contributed by atoms with van der Waals surface area (Å²) in [5.74, 6) is -1.94. The highest BCUT2D eigenvalue weighted by atomic mass is 19.2. The molecule has 19 rings (SSSR count). The van der Waals surface area contributed by atoms with Gasteiger partial charge in [-0.2, -0.15) is 20.4 Å². The fourth-order valence-electron chi connectivity index (χ4n) is 13.1. The quantitative estimate of drug-likeness (QED) is 0.0116. The monoisotopic (exact) mass is 1820 g/mol. The molecule has 5 amide bonds. The van der Waals surface area contributed by atoms with Crippen LogP contribution in [-0.2, 0) is 29.0 Å². The summed E-state index contributed by atoms with van der Waals surface area (Å²) in [5, 5.41) is 74.8. The van der Waals surface area contributed by atoms with E-state index in [4.69, 9.17) is 35.0 Å². The van der Waals surface area contributed by atoms with E-state index in [1.54, 1.807) is 123 Å². The number of hydrogen-bond donors (Lipinski definition) is 14. The Morgan fingerprint density at radius 2 is 0.752 bits per heavy atom. The summed E-state index contributed by atoms with van der Waals surface area (Å²) in [6.45, 7) is 3.15. The molecule has 8 aromatic heterocycles. The van der Waals surface area contributed by atoms with Gasteiger partial charge in [0.25, 0.3) is 0 Å². The minimum atomic E-state index is -0.742. The lowest BCUT2D eigenvalue weighted by atomic mass is 10.1. The molecule has 36 nitrogen and oxygen atoms in total. The van der Waals surface area contributed by atoms with Crippen LogP contribution in [0.4, 0.5) is 57.9 Å². The van der Waals surface area contributed by atoms with E-state index < -0.39 is 58.0 Å². The van der Waals surface area contributed by atoms with E-state index in [9.17, 15) is 59.1 Å². The van der Waals surface area contributed by atoms with Crippen molar-refractivity contribution in [2.24, 2.45) is 17.3 Å². The second-order valence-electron chi connectivity index (χ2n) is 30.4. The predicted molar refractivity (Wildman–Crippen MR) is 473 cm³/mol. The minimum Gasteiger partial charge on any atom is -0.415 e. The summed E-state index contributed by atoms with van der Waals surface area (Å²) in [6.07, 6.45) is 20.3. The SMILES string of the molecule is CNCc1nnc(C(=O)Nc2cc(F)c3n[nH]c(/C=C/c4ccc(F)cc4)c3c2)o1.CNCc1nnc(C(=O)Nc2cc3c(/C=C/c4ccc(F)cc4)n[nH]c3cc2F)o1.NC1(c2nnc(C(=O)Nc3cc(F)c4n[nH]c(/C=C/c5ccc(F)cc5)c4c3)o2)CC1.NC1(c2nnc(C(=O)Nc3cc4c(/C=C/c5ccc(F)cc5)n[nH]c4cc3F)o2)CC1.NNC(=O)CN1CCCCC1. The van der Waals surface area contributed by atoms with Crippen LogP contribution in [0, 0.1) is 46.5 Å². The molecule has 1 aliphatic heterocycles. The highest BCUT2D eigenvalue weighted by Gasteiger charge is 2.47. The van der Waals surface area contributed by atoms with Crippen LogP contribution >= 0.6 is 0 Å². The van der Waals surface area contributed by atoms with Crippen LogP contribution in [0.25, 0.3) is 92.2 Å². The number of carbonyl (C=O) groups is 5. The molecule has 3 aliphatic rings.